The van der Waals surface area contributed by atoms with Gasteiger partial charge in [-0.1, -0.05) is 31.2 Å². The summed E-state index contributed by atoms with van der Waals surface area (Å²) in [5, 5.41) is 0. The molecule has 0 aliphatic carbocycles. The highest BCUT2D eigenvalue weighted by Gasteiger charge is 2.18. The van der Waals surface area contributed by atoms with Crippen molar-refractivity contribution in [2.45, 2.75) is 26.3 Å². The van der Waals surface area contributed by atoms with E-state index in [1.165, 1.54) is 11.1 Å². The van der Waals surface area contributed by atoms with Crippen molar-refractivity contribution in [3.8, 4) is 0 Å². The molecule has 0 bridgehead atoms. The predicted molar refractivity (Wildman–Crippen MR) is 66.6 cm³/mol. The Morgan fingerprint density at radius 2 is 2.06 bits per heavy atom. The quantitative estimate of drug-likeness (QED) is 0.775. The Labute approximate surface area is 98.2 Å². The first-order valence-electron chi connectivity index (χ1n) is 6.22. The van der Waals surface area contributed by atoms with Gasteiger partial charge in [0.15, 0.2) is 0 Å². The summed E-state index contributed by atoms with van der Waals surface area (Å²) in [6.45, 7) is 8.35. The molecule has 2 heteroatoms. The summed E-state index contributed by atoms with van der Waals surface area (Å²) in [6.07, 6.45) is 1.11. The Bertz CT molecular complexity index is 331. The first-order chi connectivity index (χ1) is 7.81. The molecule has 16 heavy (non-hydrogen) atoms. The third kappa shape index (κ3) is 2.63. The molecule has 88 valence electrons. The van der Waals surface area contributed by atoms with Gasteiger partial charge in [-0.25, -0.2) is 0 Å². The number of morpholine rings is 1. The standard InChI is InChI=1S/C14H21NO/c1-3-13-5-4-6-14(11-13)12(2)15-7-9-16-10-8-15/h4-6,11-12H,3,7-10H2,1-2H3. The second-order valence-electron chi connectivity index (χ2n) is 4.42. The molecule has 0 radical (unpaired) electrons. The van der Waals surface area contributed by atoms with Gasteiger partial charge in [0.25, 0.3) is 0 Å². The minimum Gasteiger partial charge on any atom is -0.379 e. The molecular weight excluding hydrogens is 198 g/mol. The first kappa shape index (κ1) is 11.6. The highest BCUT2D eigenvalue weighted by atomic mass is 16.5. The summed E-state index contributed by atoms with van der Waals surface area (Å²) in [4.78, 5) is 2.50. The number of hydrogen-bond acceptors (Lipinski definition) is 2. The van der Waals surface area contributed by atoms with E-state index in [2.05, 4.69) is 43.0 Å². The Hall–Kier alpha value is -0.860. The zero-order valence-electron chi connectivity index (χ0n) is 10.3. The van der Waals surface area contributed by atoms with Crippen LogP contribution in [0.1, 0.15) is 31.0 Å². The van der Waals surface area contributed by atoms with Crippen LogP contribution >= 0.6 is 0 Å². The van der Waals surface area contributed by atoms with Crippen LogP contribution in [0.3, 0.4) is 0 Å². The normalized spacial score (nSPS) is 19.6. The van der Waals surface area contributed by atoms with Crippen molar-refractivity contribution in [1.29, 1.82) is 0 Å². The average molecular weight is 219 g/mol. The van der Waals surface area contributed by atoms with Crippen LogP contribution in [0, 0.1) is 0 Å². The molecule has 0 N–H and O–H groups in total. The van der Waals surface area contributed by atoms with Crippen molar-refractivity contribution in [3.63, 3.8) is 0 Å². The molecule has 1 aliphatic heterocycles. The minimum atomic E-state index is 0.510. The van der Waals surface area contributed by atoms with E-state index in [4.69, 9.17) is 4.74 Å². The number of rotatable bonds is 3. The van der Waals surface area contributed by atoms with E-state index >= 15 is 0 Å². The summed E-state index contributed by atoms with van der Waals surface area (Å²) >= 11 is 0. The highest BCUT2D eigenvalue weighted by molar-refractivity contribution is 5.25. The maximum atomic E-state index is 5.39. The maximum absolute atomic E-state index is 5.39. The van der Waals surface area contributed by atoms with Crippen LogP contribution in [0.2, 0.25) is 0 Å². The molecule has 0 spiro atoms. The van der Waals surface area contributed by atoms with Gasteiger partial charge in [0.1, 0.15) is 0 Å². The van der Waals surface area contributed by atoms with Gasteiger partial charge in [0.05, 0.1) is 13.2 Å². The Balaban J connectivity index is 2.09. The van der Waals surface area contributed by atoms with Gasteiger partial charge in [0, 0.05) is 19.1 Å². The Morgan fingerprint density at radius 3 is 2.75 bits per heavy atom. The van der Waals surface area contributed by atoms with E-state index < -0.39 is 0 Å². The second kappa shape index (κ2) is 5.46. The fourth-order valence-electron chi connectivity index (χ4n) is 2.25. The maximum Gasteiger partial charge on any atom is 0.0594 e. The lowest BCUT2D eigenvalue weighted by Gasteiger charge is -2.32. The molecule has 1 aliphatic rings. The largest absolute Gasteiger partial charge is 0.379 e. The van der Waals surface area contributed by atoms with Crippen LogP contribution in [0.4, 0.5) is 0 Å². The van der Waals surface area contributed by atoms with E-state index in [1.54, 1.807) is 0 Å². The fraction of sp³-hybridized carbons (Fsp3) is 0.571. The molecule has 1 atom stereocenters. The van der Waals surface area contributed by atoms with E-state index in [1.807, 2.05) is 0 Å². The lowest BCUT2D eigenvalue weighted by molar-refractivity contribution is 0.0198. The molecule has 2 rings (SSSR count). The zero-order chi connectivity index (χ0) is 11.4. The van der Waals surface area contributed by atoms with E-state index in [0.29, 0.717) is 6.04 Å². The number of ether oxygens (including phenoxy) is 1. The number of hydrogen-bond donors (Lipinski definition) is 0. The SMILES string of the molecule is CCc1cccc(C(C)N2CCOCC2)c1. The molecule has 2 nitrogen and oxygen atoms in total. The minimum absolute atomic E-state index is 0.510. The van der Waals surface area contributed by atoms with E-state index in [9.17, 15) is 0 Å². The average Bonchev–Trinajstić information content (AvgIpc) is 2.39. The summed E-state index contributed by atoms with van der Waals surface area (Å²) in [5.41, 5.74) is 2.86. The lowest BCUT2D eigenvalue weighted by atomic mass is 10.0. The van der Waals surface area contributed by atoms with Crippen LogP contribution in [0.25, 0.3) is 0 Å². The molecule has 1 aromatic rings. The van der Waals surface area contributed by atoms with Gasteiger partial charge in [-0.15, -0.1) is 0 Å². The third-order valence-corrected chi connectivity index (χ3v) is 3.44. The third-order valence-electron chi connectivity index (χ3n) is 3.44. The topological polar surface area (TPSA) is 12.5 Å². The van der Waals surface area contributed by atoms with Gasteiger partial charge in [-0.3, -0.25) is 4.90 Å². The number of benzene rings is 1. The van der Waals surface area contributed by atoms with Crippen LogP contribution in [0.15, 0.2) is 24.3 Å². The molecule has 1 fully saturated rings. The van der Waals surface area contributed by atoms with Crippen molar-refractivity contribution in [2.24, 2.45) is 0 Å². The van der Waals surface area contributed by atoms with Crippen molar-refractivity contribution in [1.82, 2.24) is 4.90 Å². The van der Waals surface area contributed by atoms with Crippen LogP contribution < -0.4 is 0 Å². The summed E-state index contributed by atoms with van der Waals surface area (Å²) < 4.78 is 5.39. The van der Waals surface area contributed by atoms with Crippen molar-refractivity contribution >= 4 is 0 Å². The smallest absolute Gasteiger partial charge is 0.0594 e. The Kier molecular flexibility index (Phi) is 3.97. The summed E-state index contributed by atoms with van der Waals surface area (Å²) in [6, 6.07) is 9.45. The zero-order valence-corrected chi connectivity index (χ0v) is 10.3. The molecule has 1 saturated heterocycles. The summed E-state index contributed by atoms with van der Waals surface area (Å²) in [7, 11) is 0. The van der Waals surface area contributed by atoms with Crippen molar-refractivity contribution in [3.05, 3.63) is 35.4 Å². The van der Waals surface area contributed by atoms with E-state index in [0.717, 1.165) is 32.7 Å². The van der Waals surface area contributed by atoms with E-state index in [-0.39, 0.29) is 0 Å². The second-order valence-corrected chi connectivity index (χ2v) is 4.42. The molecule has 1 heterocycles. The Morgan fingerprint density at radius 1 is 1.31 bits per heavy atom. The number of aryl methyl sites for hydroxylation is 1. The fourth-order valence-corrected chi connectivity index (χ4v) is 2.25. The molecule has 0 aromatic heterocycles. The van der Waals surface area contributed by atoms with Gasteiger partial charge in [0.2, 0.25) is 0 Å². The van der Waals surface area contributed by atoms with Crippen molar-refractivity contribution in [2.75, 3.05) is 26.3 Å². The van der Waals surface area contributed by atoms with Crippen LogP contribution in [0.5, 0.6) is 0 Å². The molecule has 1 aromatic carbocycles. The monoisotopic (exact) mass is 219 g/mol. The van der Waals surface area contributed by atoms with Gasteiger partial charge >= 0.3 is 0 Å². The molecule has 0 saturated carbocycles. The van der Waals surface area contributed by atoms with Crippen LogP contribution in [-0.4, -0.2) is 31.2 Å². The first-order valence-corrected chi connectivity index (χ1v) is 6.22. The van der Waals surface area contributed by atoms with Gasteiger partial charge < -0.3 is 4.74 Å². The van der Waals surface area contributed by atoms with Gasteiger partial charge in [-0.2, -0.15) is 0 Å². The van der Waals surface area contributed by atoms with Crippen LogP contribution in [-0.2, 0) is 11.2 Å². The number of nitrogens with zero attached hydrogens (tertiary/aromatic N) is 1. The predicted octanol–water partition coefficient (Wildman–Crippen LogP) is 2.64. The summed E-state index contributed by atoms with van der Waals surface area (Å²) in [5.74, 6) is 0. The van der Waals surface area contributed by atoms with Crippen molar-refractivity contribution < 1.29 is 4.74 Å². The molecule has 1 unspecified atom stereocenters. The lowest BCUT2D eigenvalue weighted by Crippen LogP contribution is -2.38. The highest BCUT2D eigenvalue weighted by Crippen LogP contribution is 2.22. The van der Waals surface area contributed by atoms with Gasteiger partial charge in [-0.05, 0) is 24.5 Å². The molecule has 0 amide bonds. The molecular formula is C14H21NO.